The van der Waals surface area contributed by atoms with Crippen molar-refractivity contribution in [1.82, 2.24) is 4.57 Å². The highest BCUT2D eigenvalue weighted by molar-refractivity contribution is 5.84. The summed E-state index contributed by atoms with van der Waals surface area (Å²) in [5, 5.41) is 14.2. The molecular weight excluding hydrogens is 308 g/mol. The van der Waals surface area contributed by atoms with Crippen LogP contribution in [0.4, 0.5) is 0 Å². The van der Waals surface area contributed by atoms with E-state index < -0.39 is 0 Å². The first-order chi connectivity index (χ1) is 12.0. The summed E-state index contributed by atoms with van der Waals surface area (Å²) in [5.41, 5.74) is 6.71. The maximum Gasteiger partial charge on any atom is 0.224 e. The highest BCUT2D eigenvalue weighted by atomic mass is 16.5. The Kier molecular flexibility index (Phi) is 3.57. The van der Waals surface area contributed by atoms with Crippen LogP contribution in [-0.2, 0) is 7.05 Å². The molecule has 0 saturated carbocycles. The fourth-order valence-electron chi connectivity index (χ4n) is 3.49. The number of fused-ring (bicyclic) bond motifs is 1. The molecule has 0 aliphatic heterocycles. The van der Waals surface area contributed by atoms with Crippen LogP contribution in [0.15, 0.2) is 66.9 Å². The molecule has 0 spiro atoms. The largest absolute Gasteiger partial charge is 0.618 e. The van der Waals surface area contributed by atoms with Gasteiger partial charge in [0.2, 0.25) is 11.4 Å². The fraction of sp³-hybridized carbons (Fsp3) is 0.136. The van der Waals surface area contributed by atoms with Crippen LogP contribution in [-0.4, -0.2) is 4.57 Å². The van der Waals surface area contributed by atoms with Crippen LogP contribution in [0.2, 0.25) is 0 Å². The lowest BCUT2D eigenvalue weighted by Crippen LogP contribution is -2.32. The summed E-state index contributed by atoms with van der Waals surface area (Å²) in [6.07, 6.45) is 2.03. The number of pyridine rings is 1. The molecule has 0 saturated heterocycles. The standard InChI is InChI=1S/C22H20N2O/c1-15-11-16(2)13-19(12-15)22-6-4-5-21(24(22)25)17-7-8-20-18(14-17)9-10-23(20)3/h4-14H,1-3H3. The summed E-state index contributed by atoms with van der Waals surface area (Å²) in [6, 6.07) is 20.2. The summed E-state index contributed by atoms with van der Waals surface area (Å²) in [7, 11) is 2.02. The Bertz CT molecular complexity index is 1070. The van der Waals surface area contributed by atoms with E-state index in [1.807, 2.05) is 37.5 Å². The molecule has 2 aromatic heterocycles. The molecule has 2 heterocycles. The van der Waals surface area contributed by atoms with Crippen molar-refractivity contribution in [2.45, 2.75) is 13.8 Å². The quantitative estimate of drug-likeness (QED) is 0.385. The van der Waals surface area contributed by atoms with Gasteiger partial charge >= 0.3 is 0 Å². The normalized spacial score (nSPS) is 11.2. The van der Waals surface area contributed by atoms with Gasteiger partial charge in [0, 0.05) is 47.4 Å². The maximum absolute atomic E-state index is 13.0. The Hall–Kier alpha value is -3.07. The van der Waals surface area contributed by atoms with E-state index in [-0.39, 0.29) is 0 Å². The molecule has 0 aliphatic carbocycles. The van der Waals surface area contributed by atoms with E-state index in [1.165, 1.54) is 0 Å². The van der Waals surface area contributed by atoms with Gasteiger partial charge in [0.05, 0.1) is 0 Å². The van der Waals surface area contributed by atoms with Crippen molar-refractivity contribution in [3.8, 4) is 22.5 Å². The van der Waals surface area contributed by atoms with Gasteiger partial charge in [-0.3, -0.25) is 0 Å². The third-order valence-electron chi connectivity index (χ3n) is 4.64. The Morgan fingerprint density at radius 3 is 2.20 bits per heavy atom. The van der Waals surface area contributed by atoms with Gasteiger partial charge in [0.1, 0.15) is 0 Å². The molecule has 25 heavy (non-hydrogen) atoms. The lowest BCUT2D eigenvalue weighted by Gasteiger charge is -2.11. The number of hydrogen-bond donors (Lipinski definition) is 0. The van der Waals surface area contributed by atoms with Crippen LogP contribution >= 0.6 is 0 Å². The number of aromatic nitrogens is 2. The van der Waals surface area contributed by atoms with Gasteiger partial charge < -0.3 is 9.77 Å². The molecule has 4 aromatic rings. The average Bonchev–Trinajstić information content (AvgIpc) is 2.95. The summed E-state index contributed by atoms with van der Waals surface area (Å²) in [6.45, 7) is 4.11. The Balaban J connectivity index is 1.88. The third-order valence-corrected chi connectivity index (χ3v) is 4.64. The van der Waals surface area contributed by atoms with Crippen LogP contribution in [0, 0.1) is 19.1 Å². The van der Waals surface area contributed by atoms with E-state index in [0.717, 1.165) is 37.9 Å². The van der Waals surface area contributed by atoms with Gasteiger partial charge in [-0.05, 0) is 56.3 Å². The van der Waals surface area contributed by atoms with Gasteiger partial charge in [-0.2, -0.15) is 4.73 Å². The fourth-order valence-corrected chi connectivity index (χ4v) is 3.49. The molecule has 0 N–H and O–H groups in total. The van der Waals surface area contributed by atoms with Gasteiger partial charge in [-0.15, -0.1) is 0 Å². The Labute approximate surface area is 147 Å². The van der Waals surface area contributed by atoms with Crippen molar-refractivity contribution < 1.29 is 4.73 Å². The van der Waals surface area contributed by atoms with Crippen molar-refractivity contribution in [3.63, 3.8) is 0 Å². The van der Waals surface area contributed by atoms with Gasteiger partial charge in [-0.1, -0.05) is 17.2 Å². The lowest BCUT2D eigenvalue weighted by molar-refractivity contribution is -0.581. The molecule has 0 unspecified atom stereocenters. The van der Waals surface area contributed by atoms with E-state index in [4.69, 9.17) is 0 Å². The molecule has 3 nitrogen and oxygen atoms in total. The minimum Gasteiger partial charge on any atom is -0.618 e. The zero-order valence-corrected chi connectivity index (χ0v) is 14.7. The molecule has 4 rings (SSSR count). The van der Waals surface area contributed by atoms with Crippen LogP contribution in [0.1, 0.15) is 11.1 Å². The van der Waals surface area contributed by atoms with Crippen LogP contribution in [0.25, 0.3) is 33.4 Å². The third kappa shape index (κ3) is 2.68. The van der Waals surface area contributed by atoms with Gasteiger partial charge in [0.15, 0.2) is 0 Å². The highest BCUT2D eigenvalue weighted by Gasteiger charge is 2.16. The summed E-state index contributed by atoms with van der Waals surface area (Å²) in [4.78, 5) is 0. The molecule has 2 aromatic carbocycles. The van der Waals surface area contributed by atoms with E-state index in [9.17, 15) is 5.21 Å². The highest BCUT2D eigenvalue weighted by Crippen LogP contribution is 2.25. The topological polar surface area (TPSA) is 31.9 Å². The predicted octanol–water partition coefficient (Wildman–Crippen LogP) is 4.76. The first-order valence-corrected chi connectivity index (χ1v) is 8.39. The predicted molar refractivity (Wildman–Crippen MR) is 102 cm³/mol. The van der Waals surface area contributed by atoms with Crippen molar-refractivity contribution in [1.29, 1.82) is 0 Å². The maximum atomic E-state index is 13.0. The minimum atomic E-state index is 0.669. The van der Waals surface area contributed by atoms with Gasteiger partial charge in [0.25, 0.3) is 0 Å². The van der Waals surface area contributed by atoms with Crippen LogP contribution in [0.5, 0.6) is 0 Å². The first kappa shape index (κ1) is 15.5. The van der Waals surface area contributed by atoms with Crippen molar-refractivity contribution >= 4 is 10.9 Å². The zero-order chi connectivity index (χ0) is 17.6. The van der Waals surface area contributed by atoms with Crippen molar-refractivity contribution in [3.05, 3.63) is 83.2 Å². The first-order valence-electron chi connectivity index (χ1n) is 8.39. The van der Waals surface area contributed by atoms with E-state index >= 15 is 0 Å². The lowest BCUT2D eigenvalue weighted by atomic mass is 10.0. The average molecular weight is 328 g/mol. The van der Waals surface area contributed by atoms with Gasteiger partial charge in [-0.25, -0.2) is 0 Å². The molecule has 0 fully saturated rings. The van der Waals surface area contributed by atoms with Crippen molar-refractivity contribution in [2.24, 2.45) is 7.05 Å². The second-order valence-electron chi connectivity index (χ2n) is 6.67. The minimum absolute atomic E-state index is 0.669. The zero-order valence-electron chi connectivity index (χ0n) is 14.7. The summed E-state index contributed by atoms with van der Waals surface area (Å²) < 4.78 is 3.12. The monoisotopic (exact) mass is 328 g/mol. The van der Waals surface area contributed by atoms with E-state index in [2.05, 4.69) is 54.8 Å². The molecule has 124 valence electrons. The SMILES string of the molecule is Cc1cc(C)cc(-c2cccc(-c3ccc4c(ccn4C)c3)[n+]2[O-])c1. The number of aryl methyl sites for hydroxylation is 3. The Morgan fingerprint density at radius 2 is 1.48 bits per heavy atom. The van der Waals surface area contributed by atoms with Crippen LogP contribution in [0.3, 0.4) is 0 Å². The second-order valence-corrected chi connectivity index (χ2v) is 6.67. The smallest absolute Gasteiger partial charge is 0.224 e. The molecule has 0 aliphatic rings. The molecule has 3 heteroatoms. The number of benzene rings is 2. The Morgan fingerprint density at radius 1 is 0.800 bits per heavy atom. The molecule has 0 atom stereocenters. The van der Waals surface area contributed by atoms with E-state index in [0.29, 0.717) is 11.4 Å². The second kappa shape index (κ2) is 5.78. The van der Waals surface area contributed by atoms with Crippen LogP contribution < -0.4 is 4.73 Å². The summed E-state index contributed by atoms with van der Waals surface area (Å²) >= 11 is 0. The number of rotatable bonds is 2. The number of hydrogen-bond acceptors (Lipinski definition) is 1. The molecule has 0 amide bonds. The molecule has 0 radical (unpaired) electrons. The molecular formula is C22H20N2O. The number of nitrogens with zero attached hydrogens (tertiary/aromatic N) is 2. The summed E-state index contributed by atoms with van der Waals surface area (Å²) in [5.74, 6) is 0. The van der Waals surface area contributed by atoms with Crippen molar-refractivity contribution in [2.75, 3.05) is 0 Å². The molecule has 0 bridgehead atoms. The van der Waals surface area contributed by atoms with E-state index in [1.54, 1.807) is 0 Å².